The lowest BCUT2D eigenvalue weighted by Crippen LogP contribution is -2.42. The van der Waals surface area contributed by atoms with Crippen molar-refractivity contribution < 1.29 is 4.74 Å². The normalized spacial score (nSPS) is 15.8. The molecule has 3 aromatic rings. The lowest BCUT2D eigenvalue weighted by Gasteiger charge is -2.38. The molecule has 0 bridgehead atoms. The fraction of sp³-hybridized carbons (Fsp3) is 0.571. The predicted molar refractivity (Wildman–Crippen MR) is 127 cm³/mol. The van der Waals surface area contributed by atoms with Crippen molar-refractivity contribution in [1.82, 2.24) is 30.0 Å². The van der Waals surface area contributed by atoms with Gasteiger partial charge in [0.15, 0.2) is 0 Å². The fourth-order valence-corrected chi connectivity index (χ4v) is 4.81. The van der Waals surface area contributed by atoms with E-state index in [2.05, 4.69) is 79.2 Å². The Hall–Kier alpha value is -2.30. The number of rotatable bonds is 9. The van der Waals surface area contributed by atoms with Gasteiger partial charge in [0.1, 0.15) is 5.82 Å². The Bertz CT molecular complexity index is 990. The third-order valence-electron chi connectivity index (χ3n) is 5.62. The van der Waals surface area contributed by atoms with E-state index in [1.165, 1.54) is 17.1 Å². The summed E-state index contributed by atoms with van der Waals surface area (Å²) in [6.45, 7) is 9.25. The van der Waals surface area contributed by atoms with Gasteiger partial charge in [-0.1, -0.05) is 26.8 Å². The minimum Gasteiger partial charge on any atom is -0.381 e. The molecule has 9 nitrogen and oxygen atoms in total. The van der Waals surface area contributed by atoms with E-state index < -0.39 is 0 Å². The summed E-state index contributed by atoms with van der Waals surface area (Å²) < 4.78 is 9.74. The molecule has 11 heteroatoms. The Kier molecular flexibility index (Phi) is 7.54. The first kappa shape index (κ1) is 22.9. The molecule has 0 amide bonds. The second kappa shape index (κ2) is 10.5. The smallest absolute Gasteiger partial charge is 0.236 e. The summed E-state index contributed by atoms with van der Waals surface area (Å²) >= 11 is 7.24. The molecular weight excluding hydrogens is 448 g/mol. The van der Waals surface area contributed by atoms with Crippen LogP contribution in [0.5, 0.6) is 0 Å². The predicted octanol–water partition coefficient (Wildman–Crippen LogP) is 4.44. The molecular formula is C21H29ClN8OS. The van der Waals surface area contributed by atoms with Crippen molar-refractivity contribution in [3.63, 3.8) is 0 Å². The number of tetrazole rings is 1. The minimum absolute atomic E-state index is 0.235. The maximum absolute atomic E-state index is 5.98. The molecule has 0 saturated carbocycles. The van der Waals surface area contributed by atoms with Gasteiger partial charge >= 0.3 is 0 Å². The Morgan fingerprint density at radius 2 is 2.09 bits per heavy atom. The molecule has 0 aliphatic carbocycles. The Balaban J connectivity index is 1.68. The van der Waals surface area contributed by atoms with Gasteiger partial charge in [-0.2, -0.15) is 9.36 Å². The number of ether oxygens (including phenoxy) is 1. The largest absolute Gasteiger partial charge is 0.381 e. The van der Waals surface area contributed by atoms with Crippen LogP contribution in [0.15, 0.2) is 18.2 Å². The van der Waals surface area contributed by atoms with Gasteiger partial charge in [0.2, 0.25) is 10.4 Å². The third-order valence-corrected chi connectivity index (χ3v) is 6.52. The van der Waals surface area contributed by atoms with E-state index in [-0.39, 0.29) is 11.2 Å². The number of aromatic nitrogens is 6. The van der Waals surface area contributed by atoms with Crippen LogP contribution in [0.1, 0.15) is 50.9 Å². The standard InChI is InChI=1S/C21H29ClN8OS/c1-13(2)12-30(16-6-8-31-9-7-16)18-5-4-15(14(3)10-19-25-28-29-26-19)11-17(18)23-21-24-20(22)27-32-21/h4-5,11,13-14,16H,6-10,12H2,1-3H3,(H,23,24,27)(H,25,26,28,29)/t14-/m1/s1. The summed E-state index contributed by atoms with van der Waals surface area (Å²) in [6, 6.07) is 7.06. The number of aromatic amines is 1. The van der Waals surface area contributed by atoms with Gasteiger partial charge in [-0.3, -0.25) is 0 Å². The Labute approximate surface area is 197 Å². The lowest BCUT2D eigenvalue weighted by molar-refractivity contribution is 0.0839. The van der Waals surface area contributed by atoms with Crippen molar-refractivity contribution in [1.29, 1.82) is 0 Å². The van der Waals surface area contributed by atoms with E-state index in [1.807, 2.05) is 0 Å². The molecule has 1 atom stereocenters. The SMILES string of the molecule is CC(C)CN(c1ccc([C@H](C)Cc2nnn[nH]2)cc1Nc1nc(Cl)ns1)C1CCOCC1. The molecule has 2 N–H and O–H groups in total. The molecule has 0 spiro atoms. The Morgan fingerprint density at radius 3 is 2.75 bits per heavy atom. The highest BCUT2D eigenvalue weighted by Crippen LogP contribution is 2.36. The first-order valence-corrected chi connectivity index (χ1v) is 12.1. The van der Waals surface area contributed by atoms with Crippen LogP contribution >= 0.6 is 23.1 Å². The van der Waals surface area contributed by atoms with Crippen molar-refractivity contribution in [2.24, 2.45) is 5.92 Å². The summed E-state index contributed by atoms with van der Waals surface area (Å²) in [5, 5.41) is 18.7. The number of H-pyrrole nitrogens is 1. The van der Waals surface area contributed by atoms with Crippen LogP contribution < -0.4 is 10.2 Å². The van der Waals surface area contributed by atoms with Crippen molar-refractivity contribution in [2.45, 2.75) is 52.0 Å². The van der Waals surface area contributed by atoms with Gasteiger partial charge in [0.05, 0.1) is 11.4 Å². The molecule has 172 valence electrons. The first-order valence-electron chi connectivity index (χ1n) is 11.0. The van der Waals surface area contributed by atoms with E-state index in [9.17, 15) is 0 Å². The molecule has 3 heterocycles. The fourth-order valence-electron chi connectivity index (χ4n) is 4.09. The van der Waals surface area contributed by atoms with Crippen molar-refractivity contribution in [2.75, 3.05) is 30.0 Å². The van der Waals surface area contributed by atoms with Gasteiger partial charge in [0.25, 0.3) is 0 Å². The van der Waals surface area contributed by atoms with Gasteiger partial charge in [-0.25, -0.2) is 5.10 Å². The summed E-state index contributed by atoms with van der Waals surface area (Å²) in [7, 11) is 0. The summed E-state index contributed by atoms with van der Waals surface area (Å²) in [4.78, 5) is 6.83. The topological polar surface area (TPSA) is 105 Å². The molecule has 0 unspecified atom stereocenters. The van der Waals surface area contributed by atoms with Gasteiger partial charge in [-0.05, 0) is 64.4 Å². The molecule has 4 rings (SSSR count). The zero-order chi connectivity index (χ0) is 22.5. The zero-order valence-corrected chi connectivity index (χ0v) is 20.2. The lowest BCUT2D eigenvalue weighted by atomic mass is 9.95. The highest BCUT2D eigenvalue weighted by Gasteiger charge is 2.25. The van der Waals surface area contributed by atoms with Crippen LogP contribution in [-0.4, -0.2) is 55.8 Å². The maximum atomic E-state index is 5.98. The van der Waals surface area contributed by atoms with Gasteiger partial charge < -0.3 is 15.0 Å². The number of nitrogens with one attached hydrogen (secondary N) is 2. The van der Waals surface area contributed by atoms with Crippen molar-refractivity contribution >= 4 is 39.6 Å². The number of benzene rings is 1. The van der Waals surface area contributed by atoms with E-state index in [4.69, 9.17) is 16.3 Å². The average Bonchev–Trinajstić information content (AvgIpc) is 3.44. The van der Waals surface area contributed by atoms with Crippen LogP contribution in [0.3, 0.4) is 0 Å². The van der Waals surface area contributed by atoms with E-state index in [0.29, 0.717) is 17.1 Å². The summed E-state index contributed by atoms with van der Waals surface area (Å²) in [5.74, 6) is 1.54. The first-order chi connectivity index (χ1) is 15.5. The van der Waals surface area contributed by atoms with Crippen LogP contribution in [0.2, 0.25) is 5.28 Å². The zero-order valence-electron chi connectivity index (χ0n) is 18.6. The molecule has 1 aliphatic rings. The molecule has 0 radical (unpaired) electrons. The van der Waals surface area contributed by atoms with Crippen molar-refractivity contribution in [3.8, 4) is 0 Å². The summed E-state index contributed by atoms with van der Waals surface area (Å²) in [5.41, 5.74) is 3.36. The molecule has 32 heavy (non-hydrogen) atoms. The van der Waals surface area contributed by atoms with Crippen LogP contribution in [0.25, 0.3) is 0 Å². The van der Waals surface area contributed by atoms with Gasteiger partial charge in [0, 0.05) is 43.8 Å². The van der Waals surface area contributed by atoms with Gasteiger partial charge in [-0.15, -0.1) is 5.10 Å². The molecule has 2 aromatic heterocycles. The molecule has 1 aliphatic heterocycles. The van der Waals surface area contributed by atoms with Crippen LogP contribution in [0.4, 0.5) is 16.5 Å². The molecule has 1 aromatic carbocycles. The van der Waals surface area contributed by atoms with E-state index in [1.54, 1.807) is 0 Å². The second-order valence-corrected chi connectivity index (χ2v) is 9.70. The second-order valence-electron chi connectivity index (χ2n) is 8.61. The highest BCUT2D eigenvalue weighted by molar-refractivity contribution is 7.10. The quantitative estimate of drug-likeness (QED) is 0.467. The molecule has 1 saturated heterocycles. The Morgan fingerprint density at radius 1 is 1.28 bits per heavy atom. The minimum atomic E-state index is 0.235. The number of anilines is 3. The monoisotopic (exact) mass is 476 g/mol. The van der Waals surface area contributed by atoms with Crippen LogP contribution in [0, 0.1) is 5.92 Å². The summed E-state index contributed by atoms with van der Waals surface area (Å²) in [6.07, 6.45) is 2.77. The number of halogens is 1. The number of hydrogen-bond donors (Lipinski definition) is 2. The highest BCUT2D eigenvalue weighted by atomic mass is 35.5. The maximum Gasteiger partial charge on any atom is 0.236 e. The third kappa shape index (κ3) is 5.73. The number of nitrogens with zero attached hydrogens (tertiary/aromatic N) is 6. The van der Waals surface area contributed by atoms with E-state index >= 15 is 0 Å². The van der Waals surface area contributed by atoms with E-state index in [0.717, 1.165) is 56.2 Å². The number of hydrogen-bond acceptors (Lipinski definition) is 9. The van der Waals surface area contributed by atoms with Crippen molar-refractivity contribution in [3.05, 3.63) is 34.9 Å². The van der Waals surface area contributed by atoms with Crippen LogP contribution in [-0.2, 0) is 11.2 Å². The molecule has 1 fully saturated rings. The average molecular weight is 477 g/mol.